The van der Waals surface area contributed by atoms with E-state index in [-0.39, 0.29) is 11.9 Å². The molecule has 4 nitrogen and oxygen atoms in total. The largest absolute Gasteiger partial charge is 0.508 e. The van der Waals surface area contributed by atoms with Crippen molar-refractivity contribution in [1.82, 2.24) is 0 Å². The number of ether oxygens (including phenoxy) is 2. The van der Waals surface area contributed by atoms with Crippen LogP contribution in [0.4, 0.5) is 0 Å². The first-order chi connectivity index (χ1) is 11.9. The van der Waals surface area contributed by atoms with Gasteiger partial charge in [-0.25, -0.2) is 0 Å². The normalized spacial score (nSPS) is 26.6. The van der Waals surface area contributed by atoms with Crippen LogP contribution >= 0.6 is 11.6 Å². The van der Waals surface area contributed by atoms with Crippen molar-refractivity contribution >= 4 is 11.6 Å². The van der Waals surface area contributed by atoms with Crippen LogP contribution < -0.4 is 0 Å². The summed E-state index contributed by atoms with van der Waals surface area (Å²) in [6.45, 7) is 1.93. The second kappa shape index (κ2) is 7.34. The van der Waals surface area contributed by atoms with Crippen molar-refractivity contribution in [3.8, 4) is 5.75 Å². The molecule has 25 heavy (non-hydrogen) atoms. The van der Waals surface area contributed by atoms with Crippen LogP contribution in [-0.2, 0) is 21.7 Å². The van der Waals surface area contributed by atoms with Gasteiger partial charge in [-0.2, -0.15) is 0 Å². The van der Waals surface area contributed by atoms with Gasteiger partial charge in [-0.1, -0.05) is 29.8 Å². The Kier molecular flexibility index (Phi) is 5.35. The number of phenols is 1. The lowest BCUT2D eigenvalue weighted by molar-refractivity contribution is -0.291. The molecule has 0 aliphatic carbocycles. The lowest BCUT2D eigenvalue weighted by atomic mass is 9.91. The van der Waals surface area contributed by atoms with Gasteiger partial charge < -0.3 is 19.7 Å². The van der Waals surface area contributed by atoms with Crippen molar-refractivity contribution in [2.45, 2.75) is 44.2 Å². The molecule has 3 rings (SSSR count). The predicted molar refractivity (Wildman–Crippen MR) is 96.8 cm³/mol. The van der Waals surface area contributed by atoms with Crippen LogP contribution in [0.5, 0.6) is 5.75 Å². The number of hydrogen-bond donors (Lipinski definition) is 2. The molecule has 134 valence electrons. The van der Waals surface area contributed by atoms with E-state index in [2.05, 4.69) is 0 Å². The van der Waals surface area contributed by atoms with Crippen molar-refractivity contribution in [3.05, 3.63) is 64.2 Å². The monoisotopic (exact) mass is 362 g/mol. The van der Waals surface area contributed by atoms with Crippen molar-refractivity contribution in [3.63, 3.8) is 0 Å². The average molecular weight is 363 g/mol. The van der Waals surface area contributed by atoms with Crippen LogP contribution in [0.15, 0.2) is 42.5 Å². The number of halogens is 1. The number of hydrogen-bond acceptors (Lipinski definition) is 4. The fourth-order valence-corrected chi connectivity index (χ4v) is 3.60. The summed E-state index contributed by atoms with van der Waals surface area (Å²) in [7, 11) is 1.60. The molecule has 2 aromatic rings. The van der Waals surface area contributed by atoms with Gasteiger partial charge in [-0.3, -0.25) is 0 Å². The van der Waals surface area contributed by atoms with E-state index in [4.69, 9.17) is 21.1 Å². The molecule has 0 amide bonds. The average Bonchev–Trinajstić information content (AvgIpc) is 2.57. The number of aliphatic hydroxyl groups is 1. The van der Waals surface area contributed by atoms with Gasteiger partial charge in [-0.05, 0) is 55.2 Å². The van der Waals surface area contributed by atoms with E-state index in [0.717, 1.165) is 16.7 Å². The number of phenolic OH excluding ortho intramolecular Hbond substituents is 1. The molecule has 1 heterocycles. The van der Waals surface area contributed by atoms with E-state index in [1.165, 1.54) is 0 Å². The number of rotatable bonds is 4. The molecule has 1 aliphatic heterocycles. The van der Waals surface area contributed by atoms with Crippen molar-refractivity contribution in [1.29, 1.82) is 0 Å². The molecule has 0 saturated carbocycles. The van der Waals surface area contributed by atoms with E-state index in [0.29, 0.717) is 24.3 Å². The van der Waals surface area contributed by atoms with Gasteiger partial charge in [0.2, 0.25) is 0 Å². The molecule has 0 spiro atoms. The van der Waals surface area contributed by atoms with E-state index in [9.17, 15) is 10.2 Å². The topological polar surface area (TPSA) is 58.9 Å². The Labute approximate surface area is 153 Å². The number of benzene rings is 2. The number of methoxy groups -OCH3 is 1. The van der Waals surface area contributed by atoms with Gasteiger partial charge in [-0.15, -0.1) is 0 Å². The minimum Gasteiger partial charge on any atom is -0.508 e. The van der Waals surface area contributed by atoms with Crippen LogP contribution in [-0.4, -0.2) is 29.5 Å². The molecule has 0 aromatic heterocycles. The van der Waals surface area contributed by atoms with E-state index >= 15 is 0 Å². The smallest absolute Gasteiger partial charge is 0.197 e. The molecule has 5 heteroatoms. The van der Waals surface area contributed by atoms with E-state index in [1.54, 1.807) is 19.2 Å². The van der Waals surface area contributed by atoms with Crippen LogP contribution in [0, 0.1) is 0 Å². The zero-order valence-electron chi connectivity index (χ0n) is 14.4. The molecule has 0 radical (unpaired) electrons. The summed E-state index contributed by atoms with van der Waals surface area (Å²) in [5.41, 5.74) is 2.83. The zero-order chi connectivity index (χ0) is 18.0. The highest BCUT2D eigenvalue weighted by Gasteiger charge is 2.42. The van der Waals surface area contributed by atoms with Gasteiger partial charge >= 0.3 is 0 Å². The van der Waals surface area contributed by atoms with Crippen LogP contribution in [0.1, 0.15) is 36.5 Å². The number of aromatic hydroxyl groups is 1. The van der Waals surface area contributed by atoms with Crippen LogP contribution in [0.3, 0.4) is 0 Å². The predicted octanol–water partition coefficient (Wildman–Crippen LogP) is 4.00. The van der Waals surface area contributed by atoms with Crippen molar-refractivity contribution in [2.75, 3.05) is 7.11 Å². The summed E-state index contributed by atoms with van der Waals surface area (Å²) >= 11 is 6.38. The Morgan fingerprint density at radius 3 is 2.60 bits per heavy atom. The van der Waals surface area contributed by atoms with E-state index in [1.807, 2.05) is 37.3 Å². The third kappa shape index (κ3) is 3.98. The molecule has 3 unspecified atom stereocenters. The summed E-state index contributed by atoms with van der Waals surface area (Å²) in [6, 6.07) is 12.8. The maximum absolute atomic E-state index is 10.2. The standard InChI is InChI=1S/C20H23ClO4/c1-13-9-18(23)12-20(24-2,25-13)16-5-8-19(21)15(11-16)10-14-3-6-17(22)7-4-14/h3-8,11,13,18,22-23H,9-10,12H2,1-2H3. The Morgan fingerprint density at radius 2 is 1.96 bits per heavy atom. The van der Waals surface area contributed by atoms with Gasteiger partial charge in [0.25, 0.3) is 0 Å². The lowest BCUT2D eigenvalue weighted by Gasteiger charge is -2.41. The molecule has 2 aromatic carbocycles. The van der Waals surface area contributed by atoms with Gasteiger partial charge in [0, 0.05) is 24.1 Å². The Hall–Kier alpha value is -1.59. The highest BCUT2D eigenvalue weighted by atomic mass is 35.5. The molecular formula is C20H23ClO4. The summed E-state index contributed by atoms with van der Waals surface area (Å²) in [4.78, 5) is 0. The third-order valence-corrected chi connectivity index (χ3v) is 5.01. The van der Waals surface area contributed by atoms with Crippen LogP contribution in [0.2, 0.25) is 5.02 Å². The molecule has 1 saturated heterocycles. The lowest BCUT2D eigenvalue weighted by Crippen LogP contribution is -2.44. The van der Waals surface area contributed by atoms with Crippen LogP contribution in [0.25, 0.3) is 0 Å². The summed E-state index contributed by atoms with van der Waals surface area (Å²) in [6.07, 6.45) is 1.04. The maximum Gasteiger partial charge on any atom is 0.197 e. The highest BCUT2D eigenvalue weighted by Crippen LogP contribution is 2.39. The highest BCUT2D eigenvalue weighted by molar-refractivity contribution is 6.31. The van der Waals surface area contributed by atoms with Crippen molar-refractivity contribution < 1.29 is 19.7 Å². The minimum absolute atomic E-state index is 0.0973. The number of aliphatic hydroxyl groups excluding tert-OH is 1. The first-order valence-corrected chi connectivity index (χ1v) is 8.77. The summed E-state index contributed by atoms with van der Waals surface area (Å²) in [5, 5.41) is 20.3. The Balaban J connectivity index is 1.93. The minimum atomic E-state index is -0.967. The first kappa shape index (κ1) is 18.2. The van der Waals surface area contributed by atoms with Gasteiger partial charge in [0.1, 0.15) is 5.75 Å². The third-order valence-electron chi connectivity index (χ3n) is 4.65. The molecule has 3 atom stereocenters. The molecule has 1 aliphatic rings. The van der Waals surface area contributed by atoms with Gasteiger partial charge in [0.05, 0.1) is 12.2 Å². The molecule has 2 N–H and O–H groups in total. The zero-order valence-corrected chi connectivity index (χ0v) is 15.2. The molecule has 0 bridgehead atoms. The second-order valence-electron chi connectivity index (χ2n) is 6.63. The maximum atomic E-state index is 10.2. The Bertz CT molecular complexity index is 719. The quantitative estimate of drug-likeness (QED) is 0.863. The second-order valence-corrected chi connectivity index (χ2v) is 7.04. The van der Waals surface area contributed by atoms with Crippen molar-refractivity contribution in [2.24, 2.45) is 0 Å². The first-order valence-electron chi connectivity index (χ1n) is 8.40. The van der Waals surface area contributed by atoms with Gasteiger partial charge in [0.15, 0.2) is 5.79 Å². The van der Waals surface area contributed by atoms with E-state index < -0.39 is 11.9 Å². The molecular weight excluding hydrogens is 340 g/mol. The molecule has 1 fully saturated rings. The summed E-state index contributed by atoms with van der Waals surface area (Å²) in [5.74, 6) is -0.730. The SMILES string of the molecule is COC1(c2ccc(Cl)c(Cc3ccc(O)cc3)c2)CC(O)CC(C)O1. The Morgan fingerprint density at radius 1 is 1.24 bits per heavy atom. The fraction of sp³-hybridized carbons (Fsp3) is 0.400. The summed E-state index contributed by atoms with van der Waals surface area (Å²) < 4.78 is 11.8. The fourth-order valence-electron chi connectivity index (χ4n) is 3.41.